The van der Waals surface area contributed by atoms with E-state index in [0.717, 1.165) is 5.56 Å². The lowest BCUT2D eigenvalue weighted by Crippen LogP contribution is -2.34. The van der Waals surface area contributed by atoms with Gasteiger partial charge in [-0.2, -0.15) is 4.98 Å². The topological polar surface area (TPSA) is 98.5 Å². The van der Waals surface area contributed by atoms with Gasteiger partial charge in [0.15, 0.2) is 11.5 Å². The highest BCUT2D eigenvalue weighted by molar-refractivity contribution is 5.73. The molecule has 0 bridgehead atoms. The molecule has 0 radical (unpaired) electrons. The second-order valence-electron chi connectivity index (χ2n) is 4.29. The molecule has 0 unspecified atom stereocenters. The van der Waals surface area contributed by atoms with Gasteiger partial charge in [-0.25, -0.2) is 4.79 Å². The van der Waals surface area contributed by atoms with Crippen LogP contribution in [0, 0.1) is 0 Å². The summed E-state index contributed by atoms with van der Waals surface area (Å²) in [4.78, 5) is 15.5. The van der Waals surface area contributed by atoms with Crippen molar-refractivity contribution in [3.63, 3.8) is 0 Å². The summed E-state index contributed by atoms with van der Waals surface area (Å²) in [5.74, 6) is 2.11. The number of rotatable bonds is 4. The van der Waals surface area contributed by atoms with Crippen LogP contribution in [0.1, 0.15) is 12.8 Å². The highest BCUT2D eigenvalue weighted by Crippen LogP contribution is 2.35. The molecule has 0 spiro atoms. The lowest BCUT2D eigenvalue weighted by Gasteiger charge is -2.01. The summed E-state index contributed by atoms with van der Waals surface area (Å²) >= 11 is 0. The number of amides is 2. The largest absolute Gasteiger partial charge is 0.454 e. The van der Waals surface area contributed by atoms with Gasteiger partial charge in [0.2, 0.25) is 18.5 Å². The highest BCUT2D eigenvalue weighted by Gasteiger charge is 2.16. The lowest BCUT2D eigenvalue weighted by molar-refractivity contribution is 0.174. The molecule has 1 aromatic heterocycles. The van der Waals surface area contributed by atoms with Crippen LogP contribution in [0.25, 0.3) is 11.4 Å². The molecule has 0 aliphatic carbocycles. The number of nitrogens with zero attached hydrogens (tertiary/aromatic N) is 2. The molecule has 8 heteroatoms. The molecule has 0 saturated carbocycles. The molecule has 2 amide bonds. The Labute approximate surface area is 120 Å². The first-order valence-electron chi connectivity index (χ1n) is 6.50. The molecule has 2 N–H and O–H groups in total. The third-order valence-corrected chi connectivity index (χ3v) is 2.84. The number of aromatic nitrogens is 2. The van der Waals surface area contributed by atoms with E-state index < -0.39 is 0 Å². The molecule has 0 atom stereocenters. The number of hydrogen-bond acceptors (Lipinski definition) is 6. The minimum Gasteiger partial charge on any atom is -0.454 e. The second-order valence-corrected chi connectivity index (χ2v) is 4.29. The summed E-state index contributed by atoms with van der Waals surface area (Å²) in [6, 6.07) is 5.12. The summed E-state index contributed by atoms with van der Waals surface area (Å²) in [5.41, 5.74) is 0.757. The third kappa shape index (κ3) is 2.88. The van der Waals surface area contributed by atoms with Crippen LogP contribution in [0.15, 0.2) is 22.7 Å². The van der Waals surface area contributed by atoms with E-state index in [4.69, 9.17) is 14.0 Å². The molecule has 2 aromatic rings. The maximum atomic E-state index is 11.3. The number of benzene rings is 1. The maximum Gasteiger partial charge on any atom is 0.315 e. The molecule has 1 aliphatic rings. The van der Waals surface area contributed by atoms with Crippen LogP contribution in [0.2, 0.25) is 0 Å². The molecule has 3 rings (SSSR count). The molecular weight excluding hydrogens is 276 g/mol. The van der Waals surface area contributed by atoms with E-state index in [0.29, 0.717) is 29.8 Å². The predicted molar refractivity (Wildman–Crippen MR) is 71.8 cm³/mol. The van der Waals surface area contributed by atoms with Crippen LogP contribution in [0.5, 0.6) is 11.5 Å². The van der Waals surface area contributed by atoms with Crippen molar-refractivity contribution in [2.45, 2.75) is 13.5 Å². The van der Waals surface area contributed by atoms with E-state index in [9.17, 15) is 4.79 Å². The number of carbonyl (C=O) groups is 1. The zero-order valence-corrected chi connectivity index (χ0v) is 11.4. The van der Waals surface area contributed by atoms with Crippen LogP contribution >= 0.6 is 0 Å². The normalized spacial score (nSPS) is 12.2. The first kappa shape index (κ1) is 13.2. The number of carbonyl (C=O) groups excluding carboxylic acids is 1. The zero-order valence-electron chi connectivity index (χ0n) is 11.4. The van der Waals surface area contributed by atoms with Crippen molar-refractivity contribution >= 4 is 6.03 Å². The van der Waals surface area contributed by atoms with Crippen molar-refractivity contribution in [3.05, 3.63) is 24.1 Å². The zero-order chi connectivity index (χ0) is 14.7. The van der Waals surface area contributed by atoms with Crippen LogP contribution in [-0.2, 0) is 6.54 Å². The number of urea groups is 1. The Bertz CT molecular complexity index is 655. The first-order chi connectivity index (χ1) is 10.3. The Morgan fingerprint density at radius 2 is 2.14 bits per heavy atom. The quantitative estimate of drug-likeness (QED) is 0.880. The fourth-order valence-corrected chi connectivity index (χ4v) is 1.86. The molecule has 0 fully saturated rings. The third-order valence-electron chi connectivity index (χ3n) is 2.84. The molecule has 2 heterocycles. The van der Waals surface area contributed by atoms with E-state index >= 15 is 0 Å². The maximum absolute atomic E-state index is 11.3. The molecule has 1 aromatic carbocycles. The van der Waals surface area contributed by atoms with E-state index in [1.165, 1.54) is 0 Å². The number of ether oxygens (including phenoxy) is 2. The van der Waals surface area contributed by atoms with Crippen molar-refractivity contribution in [2.24, 2.45) is 0 Å². The smallest absolute Gasteiger partial charge is 0.315 e. The van der Waals surface area contributed by atoms with Gasteiger partial charge in [-0.3, -0.25) is 0 Å². The average molecular weight is 290 g/mol. The van der Waals surface area contributed by atoms with Gasteiger partial charge in [0.25, 0.3) is 0 Å². The number of nitrogens with one attached hydrogen (secondary N) is 2. The van der Waals surface area contributed by atoms with Crippen LogP contribution in [0.4, 0.5) is 4.79 Å². The minimum absolute atomic E-state index is 0.170. The Kier molecular flexibility index (Phi) is 3.59. The second kappa shape index (κ2) is 5.70. The Balaban J connectivity index is 1.68. The molecule has 0 saturated heterocycles. The van der Waals surface area contributed by atoms with E-state index in [1.54, 1.807) is 12.1 Å². The first-order valence-corrected chi connectivity index (χ1v) is 6.50. The van der Waals surface area contributed by atoms with Crippen molar-refractivity contribution in [2.75, 3.05) is 13.3 Å². The van der Waals surface area contributed by atoms with Gasteiger partial charge in [-0.15, -0.1) is 0 Å². The van der Waals surface area contributed by atoms with Crippen LogP contribution in [-0.4, -0.2) is 29.5 Å². The fourth-order valence-electron chi connectivity index (χ4n) is 1.86. The summed E-state index contributed by atoms with van der Waals surface area (Å²) in [5, 5.41) is 9.11. The van der Waals surface area contributed by atoms with E-state index in [2.05, 4.69) is 20.8 Å². The van der Waals surface area contributed by atoms with Crippen molar-refractivity contribution in [1.82, 2.24) is 20.8 Å². The Morgan fingerprint density at radius 3 is 3.00 bits per heavy atom. The van der Waals surface area contributed by atoms with Gasteiger partial charge in [0.05, 0.1) is 6.54 Å². The van der Waals surface area contributed by atoms with Gasteiger partial charge >= 0.3 is 6.03 Å². The SMILES string of the molecule is CCNC(=O)NCc1nc(-c2ccc3c(c2)OCO3)no1. The monoisotopic (exact) mass is 290 g/mol. The van der Waals surface area contributed by atoms with Crippen LogP contribution in [0.3, 0.4) is 0 Å². The molecule has 110 valence electrons. The number of hydrogen-bond donors (Lipinski definition) is 2. The van der Waals surface area contributed by atoms with Crippen molar-refractivity contribution < 1.29 is 18.8 Å². The van der Waals surface area contributed by atoms with Gasteiger partial charge < -0.3 is 24.6 Å². The summed E-state index contributed by atoms with van der Waals surface area (Å²) in [7, 11) is 0. The minimum atomic E-state index is -0.277. The summed E-state index contributed by atoms with van der Waals surface area (Å²) in [6.45, 7) is 2.78. The molecular formula is C13H14N4O4. The van der Waals surface area contributed by atoms with Gasteiger partial charge in [0.1, 0.15) is 0 Å². The van der Waals surface area contributed by atoms with Gasteiger partial charge in [-0.1, -0.05) is 5.16 Å². The summed E-state index contributed by atoms with van der Waals surface area (Å²) < 4.78 is 15.6. The molecule has 21 heavy (non-hydrogen) atoms. The molecule has 1 aliphatic heterocycles. The standard InChI is InChI=1S/C13H14N4O4/c1-2-14-13(18)15-6-11-16-12(17-21-11)8-3-4-9-10(5-8)20-7-19-9/h3-5H,2,6-7H2,1H3,(H2,14,15,18). The average Bonchev–Trinajstić information content (AvgIpc) is 3.13. The van der Waals surface area contributed by atoms with Crippen LogP contribution < -0.4 is 20.1 Å². The van der Waals surface area contributed by atoms with Crippen molar-refractivity contribution in [3.8, 4) is 22.9 Å². The Hall–Kier alpha value is -2.77. The summed E-state index contributed by atoms with van der Waals surface area (Å²) in [6.07, 6.45) is 0. The molecule has 8 nitrogen and oxygen atoms in total. The lowest BCUT2D eigenvalue weighted by atomic mass is 10.2. The van der Waals surface area contributed by atoms with Crippen molar-refractivity contribution in [1.29, 1.82) is 0 Å². The van der Waals surface area contributed by atoms with E-state index in [-0.39, 0.29) is 19.4 Å². The number of fused-ring (bicyclic) bond motifs is 1. The predicted octanol–water partition coefficient (Wildman–Crippen LogP) is 1.28. The Morgan fingerprint density at radius 1 is 1.29 bits per heavy atom. The van der Waals surface area contributed by atoms with Gasteiger partial charge in [-0.05, 0) is 25.1 Å². The highest BCUT2D eigenvalue weighted by atomic mass is 16.7. The fraction of sp³-hybridized carbons (Fsp3) is 0.308. The van der Waals surface area contributed by atoms with Gasteiger partial charge in [0, 0.05) is 12.1 Å². The van der Waals surface area contributed by atoms with E-state index in [1.807, 2.05) is 13.0 Å².